The number of rotatable bonds is 5. The summed E-state index contributed by atoms with van der Waals surface area (Å²) in [6, 6.07) is 10.5. The lowest BCUT2D eigenvalue weighted by molar-refractivity contribution is -0.123. The van der Waals surface area contributed by atoms with E-state index in [0.717, 1.165) is 22.1 Å². The molecule has 1 amide bonds. The number of hydrogen-bond donors (Lipinski definition) is 0. The Balaban J connectivity index is 1.54. The zero-order valence-corrected chi connectivity index (χ0v) is 19.9. The maximum atomic E-state index is 13.3. The number of methoxy groups -OCH3 is 2. The number of piperidine rings is 1. The van der Waals surface area contributed by atoms with E-state index in [-0.39, 0.29) is 23.3 Å². The van der Waals surface area contributed by atoms with Crippen molar-refractivity contribution in [1.82, 2.24) is 4.31 Å². The number of benzene rings is 2. The highest BCUT2D eigenvalue weighted by atomic mass is 79.9. The van der Waals surface area contributed by atoms with E-state index in [4.69, 9.17) is 9.47 Å². The molecule has 0 spiro atoms. The van der Waals surface area contributed by atoms with Crippen molar-refractivity contribution in [3.8, 4) is 11.5 Å². The highest BCUT2D eigenvalue weighted by Gasteiger charge is 2.37. The molecular weight excluding hydrogens is 484 g/mol. The molecule has 0 bridgehead atoms. The fraction of sp³-hybridized carbons (Fsp3) is 0.409. The highest BCUT2D eigenvalue weighted by Crippen LogP contribution is 2.35. The third-order valence-corrected chi connectivity index (χ3v) is 8.28. The van der Waals surface area contributed by atoms with Gasteiger partial charge in [0.25, 0.3) is 0 Å². The quantitative estimate of drug-likeness (QED) is 0.617. The number of halogens is 1. The van der Waals surface area contributed by atoms with E-state index in [2.05, 4.69) is 15.9 Å². The van der Waals surface area contributed by atoms with Crippen LogP contribution in [-0.4, -0.2) is 52.5 Å². The Morgan fingerprint density at radius 3 is 2.58 bits per heavy atom. The number of amides is 1. The molecule has 0 aliphatic carbocycles. The van der Waals surface area contributed by atoms with Crippen LogP contribution in [0.25, 0.3) is 0 Å². The number of ether oxygens (including phenoxy) is 2. The topological polar surface area (TPSA) is 76.2 Å². The van der Waals surface area contributed by atoms with E-state index in [1.165, 1.54) is 30.7 Å². The summed E-state index contributed by atoms with van der Waals surface area (Å²) in [5.74, 6) is 0.451. The van der Waals surface area contributed by atoms with Gasteiger partial charge in [0.2, 0.25) is 15.9 Å². The van der Waals surface area contributed by atoms with Crippen molar-refractivity contribution < 1.29 is 22.7 Å². The number of hydrogen-bond acceptors (Lipinski definition) is 5. The summed E-state index contributed by atoms with van der Waals surface area (Å²) in [5, 5.41) is 0. The van der Waals surface area contributed by atoms with Gasteiger partial charge in [0.1, 0.15) is 0 Å². The first-order chi connectivity index (χ1) is 14.8. The van der Waals surface area contributed by atoms with Crippen molar-refractivity contribution in [2.45, 2.75) is 24.2 Å². The van der Waals surface area contributed by atoms with Crippen molar-refractivity contribution in [2.24, 2.45) is 5.92 Å². The SMILES string of the molecule is COc1ccc(S(=O)(=O)N2CCCC(C(=O)N3CCc4cc(Br)ccc43)C2)cc1OC. The van der Waals surface area contributed by atoms with Gasteiger partial charge in [-0.15, -0.1) is 0 Å². The molecule has 0 radical (unpaired) electrons. The number of carbonyl (C=O) groups excluding carboxylic acids is 1. The Hall–Kier alpha value is -2.10. The minimum absolute atomic E-state index is 0.00622. The Morgan fingerprint density at radius 2 is 1.84 bits per heavy atom. The Kier molecular flexibility index (Phi) is 6.27. The van der Waals surface area contributed by atoms with Gasteiger partial charge in [0, 0.05) is 35.9 Å². The van der Waals surface area contributed by atoms with Gasteiger partial charge in [0.05, 0.1) is 25.0 Å². The molecule has 2 aliphatic rings. The van der Waals surface area contributed by atoms with Gasteiger partial charge < -0.3 is 14.4 Å². The summed E-state index contributed by atoms with van der Waals surface area (Å²) in [5.41, 5.74) is 2.06. The van der Waals surface area contributed by atoms with Crippen molar-refractivity contribution in [3.63, 3.8) is 0 Å². The van der Waals surface area contributed by atoms with Crippen LogP contribution >= 0.6 is 15.9 Å². The first-order valence-electron chi connectivity index (χ1n) is 10.2. The maximum Gasteiger partial charge on any atom is 0.243 e. The predicted octanol–water partition coefficient (Wildman–Crippen LogP) is 3.46. The smallest absolute Gasteiger partial charge is 0.243 e. The largest absolute Gasteiger partial charge is 0.493 e. The summed E-state index contributed by atoms with van der Waals surface area (Å²) in [4.78, 5) is 15.2. The summed E-state index contributed by atoms with van der Waals surface area (Å²) in [6.45, 7) is 1.20. The van der Waals surface area contributed by atoms with E-state index < -0.39 is 10.0 Å². The zero-order valence-electron chi connectivity index (χ0n) is 17.5. The van der Waals surface area contributed by atoms with Crippen LogP contribution in [-0.2, 0) is 21.2 Å². The van der Waals surface area contributed by atoms with Gasteiger partial charge in [-0.1, -0.05) is 15.9 Å². The van der Waals surface area contributed by atoms with E-state index >= 15 is 0 Å². The van der Waals surface area contributed by atoms with E-state index in [1.54, 1.807) is 11.0 Å². The summed E-state index contributed by atoms with van der Waals surface area (Å²) in [6.07, 6.45) is 2.13. The second-order valence-electron chi connectivity index (χ2n) is 7.73. The van der Waals surface area contributed by atoms with Gasteiger partial charge in [-0.05, 0) is 55.2 Å². The molecule has 0 aromatic heterocycles. The highest BCUT2D eigenvalue weighted by molar-refractivity contribution is 9.10. The summed E-state index contributed by atoms with van der Waals surface area (Å²) in [7, 11) is -0.784. The number of fused-ring (bicyclic) bond motifs is 1. The van der Waals surface area contributed by atoms with Crippen LogP contribution in [0.5, 0.6) is 11.5 Å². The molecule has 1 saturated heterocycles. The number of nitrogens with zero attached hydrogens (tertiary/aromatic N) is 2. The summed E-state index contributed by atoms with van der Waals surface area (Å²) >= 11 is 3.48. The molecule has 9 heteroatoms. The van der Waals surface area contributed by atoms with Gasteiger partial charge >= 0.3 is 0 Å². The van der Waals surface area contributed by atoms with Gasteiger partial charge in [-0.3, -0.25) is 4.79 Å². The fourth-order valence-corrected chi connectivity index (χ4v) is 6.26. The Morgan fingerprint density at radius 1 is 1.06 bits per heavy atom. The monoisotopic (exact) mass is 508 g/mol. The number of anilines is 1. The molecule has 0 N–H and O–H groups in total. The third-order valence-electron chi connectivity index (χ3n) is 5.93. The minimum Gasteiger partial charge on any atom is -0.493 e. The number of sulfonamides is 1. The van der Waals surface area contributed by atoms with Crippen molar-refractivity contribution in [1.29, 1.82) is 0 Å². The van der Waals surface area contributed by atoms with Crippen LogP contribution in [0.1, 0.15) is 18.4 Å². The van der Waals surface area contributed by atoms with Crippen molar-refractivity contribution in [2.75, 3.05) is 38.8 Å². The van der Waals surface area contributed by atoms with Crippen LogP contribution in [0.4, 0.5) is 5.69 Å². The normalized spacial score (nSPS) is 19.2. The van der Waals surface area contributed by atoms with Crippen molar-refractivity contribution in [3.05, 3.63) is 46.4 Å². The molecule has 2 heterocycles. The van der Waals surface area contributed by atoms with Gasteiger partial charge in [0.15, 0.2) is 11.5 Å². The molecule has 2 aromatic carbocycles. The fourth-order valence-electron chi connectivity index (χ4n) is 4.31. The van der Waals surface area contributed by atoms with Crippen LogP contribution in [0.15, 0.2) is 45.8 Å². The molecule has 7 nitrogen and oxygen atoms in total. The van der Waals surface area contributed by atoms with Crippen LogP contribution in [0.3, 0.4) is 0 Å². The van der Waals surface area contributed by atoms with E-state index in [1.807, 2.05) is 18.2 Å². The second-order valence-corrected chi connectivity index (χ2v) is 10.6. The molecule has 1 unspecified atom stereocenters. The summed E-state index contributed by atoms with van der Waals surface area (Å²) < 4.78 is 39.4. The average Bonchev–Trinajstić information content (AvgIpc) is 3.21. The number of carbonyl (C=O) groups is 1. The van der Waals surface area contributed by atoms with Gasteiger partial charge in [-0.2, -0.15) is 4.31 Å². The van der Waals surface area contributed by atoms with Crippen LogP contribution in [0.2, 0.25) is 0 Å². The van der Waals surface area contributed by atoms with Crippen molar-refractivity contribution >= 4 is 37.5 Å². The van der Waals surface area contributed by atoms with Crippen LogP contribution < -0.4 is 14.4 Å². The van der Waals surface area contributed by atoms with E-state index in [9.17, 15) is 13.2 Å². The molecule has 166 valence electrons. The molecule has 0 saturated carbocycles. The van der Waals surface area contributed by atoms with Gasteiger partial charge in [-0.25, -0.2) is 8.42 Å². The average molecular weight is 509 g/mol. The molecular formula is C22H25BrN2O5S. The standard InChI is InChI=1S/C22H25BrN2O5S/c1-29-20-8-6-18(13-21(20)30-2)31(27,28)24-10-3-4-16(14-24)22(26)25-11-9-15-12-17(23)5-7-19(15)25/h5-8,12-13,16H,3-4,9-11,14H2,1-2H3. The molecule has 31 heavy (non-hydrogen) atoms. The lowest BCUT2D eigenvalue weighted by atomic mass is 9.98. The second kappa shape index (κ2) is 8.80. The lowest BCUT2D eigenvalue weighted by Gasteiger charge is -2.33. The van der Waals surface area contributed by atoms with Crippen LogP contribution in [0, 0.1) is 5.92 Å². The maximum absolute atomic E-state index is 13.3. The minimum atomic E-state index is -3.75. The molecule has 2 aromatic rings. The third kappa shape index (κ3) is 4.18. The Bertz CT molecular complexity index is 1110. The van der Waals surface area contributed by atoms with E-state index in [0.29, 0.717) is 37.4 Å². The molecule has 2 aliphatic heterocycles. The molecule has 4 rings (SSSR count). The molecule has 1 atom stereocenters. The lowest BCUT2D eigenvalue weighted by Crippen LogP contribution is -2.46. The molecule has 1 fully saturated rings. The predicted molar refractivity (Wildman–Crippen MR) is 121 cm³/mol. The first kappa shape index (κ1) is 22.1. The zero-order chi connectivity index (χ0) is 22.2. The Labute approximate surface area is 191 Å². The first-order valence-corrected chi connectivity index (χ1v) is 12.4.